The lowest BCUT2D eigenvalue weighted by molar-refractivity contribution is -0.383. The Bertz CT molecular complexity index is 1020. The summed E-state index contributed by atoms with van der Waals surface area (Å²) in [5.74, 6) is 0. The number of ether oxygens (including phenoxy) is 1. The maximum absolute atomic E-state index is 11.4. The van der Waals surface area contributed by atoms with Gasteiger partial charge in [-0.15, -0.1) is 0 Å². The summed E-state index contributed by atoms with van der Waals surface area (Å²) in [6.07, 6.45) is 0. The standard InChI is InChI=1S/C21H22N4O3/c1-15-13-18(17-6-4-8-20(25(26)27)21(17)23-15)22-14-16-5-2-3-7-19(16)24-9-11-28-12-10-24/h2-8,13H,9-12,14H2,1H3,(H,22,23). The SMILES string of the molecule is Cc1cc(NCc2ccccc2N2CCOCC2)c2cccc([N+](=O)[O-])c2n1. The number of benzene rings is 2. The molecule has 0 saturated carbocycles. The van der Waals surface area contributed by atoms with Crippen LogP contribution >= 0.6 is 0 Å². The quantitative estimate of drug-likeness (QED) is 0.536. The van der Waals surface area contributed by atoms with E-state index in [1.165, 1.54) is 17.3 Å². The van der Waals surface area contributed by atoms with Crippen LogP contribution in [0.5, 0.6) is 0 Å². The van der Waals surface area contributed by atoms with E-state index in [0.29, 0.717) is 12.1 Å². The monoisotopic (exact) mass is 378 g/mol. The molecule has 28 heavy (non-hydrogen) atoms. The van der Waals surface area contributed by atoms with Gasteiger partial charge in [0.1, 0.15) is 0 Å². The van der Waals surface area contributed by atoms with Gasteiger partial charge in [-0.25, -0.2) is 4.98 Å². The molecule has 1 N–H and O–H groups in total. The number of morpholine rings is 1. The number of nitro groups is 1. The number of nitro benzene ring substituents is 1. The predicted octanol–water partition coefficient (Wildman–Crippen LogP) is 3.90. The van der Waals surface area contributed by atoms with E-state index in [4.69, 9.17) is 4.74 Å². The number of fused-ring (bicyclic) bond motifs is 1. The molecule has 0 unspecified atom stereocenters. The second kappa shape index (κ2) is 7.82. The molecular formula is C21H22N4O3. The minimum Gasteiger partial charge on any atom is -0.380 e. The highest BCUT2D eigenvalue weighted by atomic mass is 16.6. The number of nitrogens with zero attached hydrogens (tertiary/aromatic N) is 3. The highest BCUT2D eigenvalue weighted by molar-refractivity contribution is 5.96. The van der Waals surface area contributed by atoms with Gasteiger partial charge in [-0.05, 0) is 24.6 Å². The maximum atomic E-state index is 11.4. The molecule has 0 atom stereocenters. The van der Waals surface area contributed by atoms with Crippen molar-refractivity contribution < 1.29 is 9.66 Å². The van der Waals surface area contributed by atoms with Crippen LogP contribution in [0.25, 0.3) is 10.9 Å². The van der Waals surface area contributed by atoms with E-state index < -0.39 is 0 Å². The molecule has 0 aliphatic carbocycles. The summed E-state index contributed by atoms with van der Waals surface area (Å²) in [5, 5.41) is 15.6. The van der Waals surface area contributed by atoms with E-state index in [2.05, 4.69) is 27.3 Å². The molecule has 1 fully saturated rings. The fourth-order valence-corrected chi connectivity index (χ4v) is 3.62. The third-order valence-corrected chi connectivity index (χ3v) is 4.96. The zero-order valence-electron chi connectivity index (χ0n) is 15.7. The third-order valence-electron chi connectivity index (χ3n) is 4.96. The molecule has 0 amide bonds. The molecule has 2 aromatic carbocycles. The molecule has 7 heteroatoms. The van der Waals surface area contributed by atoms with Crippen LogP contribution in [0.1, 0.15) is 11.3 Å². The number of aryl methyl sites for hydroxylation is 1. The highest BCUT2D eigenvalue weighted by Crippen LogP contribution is 2.31. The lowest BCUT2D eigenvalue weighted by Crippen LogP contribution is -2.36. The van der Waals surface area contributed by atoms with Gasteiger partial charge < -0.3 is 15.0 Å². The first kappa shape index (κ1) is 18.2. The number of aromatic nitrogens is 1. The first-order valence-corrected chi connectivity index (χ1v) is 9.33. The Morgan fingerprint density at radius 1 is 1.18 bits per heavy atom. The first-order chi connectivity index (χ1) is 13.6. The van der Waals surface area contributed by atoms with Crippen LogP contribution in [-0.2, 0) is 11.3 Å². The van der Waals surface area contributed by atoms with Gasteiger partial charge in [0.25, 0.3) is 5.69 Å². The number of para-hydroxylation sites is 2. The van der Waals surface area contributed by atoms with Gasteiger partial charge in [0, 0.05) is 48.2 Å². The molecule has 7 nitrogen and oxygen atoms in total. The number of pyridine rings is 1. The van der Waals surface area contributed by atoms with Gasteiger partial charge in [0.05, 0.1) is 18.1 Å². The molecular weight excluding hydrogens is 356 g/mol. The summed E-state index contributed by atoms with van der Waals surface area (Å²) in [7, 11) is 0. The average Bonchev–Trinajstić information content (AvgIpc) is 2.72. The molecule has 1 aromatic heterocycles. The number of non-ortho nitro benzene ring substituents is 1. The minimum atomic E-state index is -0.383. The van der Waals surface area contributed by atoms with Crippen molar-refractivity contribution in [1.29, 1.82) is 0 Å². The molecule has 144 valence electrons. The van der Waals surface area contributed by atoms with Crippen molar-refractivity contribution in [1.82, 2.24) is 4.98 Å². The largest absolute Gasteiger partial charge is 0.380 e. The minimum absolute atomic E-state index is 0.0259. The van der Waals surface area contributed by atoms with Gasteiger partial charge in [0.15, 0.2) is 5.52 Å². The van der Waals surface area contributed by atoms with Crippen molar-refractivity contribution in [3.8, 4) is 0 Å². The fourth-order valence-electron chi connectivity index (χ4n) is 3.62. The molecule has 4 rings (SSSR count). The van der Waals surface area contributed by atoms with Crippen molar-refractivity contribution in [2.75, 3.05) is 36.5 Å². The Kier molecular flexibility index (Phi) is 5.08. The first-order valence-electron chi connectivity index (χ1n) is 9.33. The topological polar surface area (TPSA) is 80.5 Å². The summed E-state index contributed by atoms with van der Waals surface area (Å²) < 4.78 is 5.46. The van der Waals surface area contributed by atoms with E-state index >= 15 is 0 Å². The van der Waals surface area contributed by atoms with Crippen molar-refractivity contribution in [2.45, 2.75) is 13.5 Å². The normalized spacial score (nSPS) is 14.2. The van der Waals surface area contributed by atoms with Crippen LogP contribution in [0.3, 0.4) is 0 Å². The van der Waals surface area contributed by atoms with Crippen LogP contribution in [0.15, 0.2) is 48.5 Å². The Morgan fingerprint density at radius 3 is 2.75 bits per heavy atom. The van der Waals surface area contributed by atoms with E-state index in [1.54, 1.807) is 6.07 Å². The third kappa shape index (κ3) is 3.61. The van der Waals surface area contributed by atoms with Crippen molar-refractivity contribution in [2.24, 2.45) is 0 Å². The Hall–Kier alpha value is -3.19. The van der Waals surface area contributed by atoms with Crippen LogP contribution < -0.4 is 10.2 Å². The Morgan fingerprint density at radius 2 is 1.96 bits per heavy atom. The summed E-state index contributed by atoms with van der Waals surface area (Å²) >= 11 is 0. The zero-order valence-corrected chi connectivity index (χ0v) is 15.7. The Labute approximate surface area is 163 Å². The smallest absolute Gasteiger partial charge is 0.295 e. The predicted molar refractivity (Wildman–Crippen MR) is 110 cm³/mol. The van der Waals surface area contributed by atoms with E-state index in [1.807, 2.05) is 31.2 Å². The van der Waals surface area contributed by atoms with Crippen LogP contribution in [0.2, 0.25) is 0 Å². The molecule has 3 aromatic rings. The van der Waals surface area contributed by atoms with E-state index in [9.17, 15) is 10.1 Å². The lowest BCUT2D eigenvalue weighted by Gasteiger charge is -2.30. The summed E-state index contributed by atoms with van der Waals surface area (Å²) in [6, 6.07) is 15.3. The number of anilines is 2. The average molecular weight is 378 g/mol. The van der Waals surface area contributed by atoms with Crippen molar-refractivity contribution in [3.63, 3.8) is 0 Å². The number of hydrogen-bond acceptors (Lipinski definition) is 6. The molecule has 0 radical (unpaired) electrons. The number of rotatable bonds is 5. The van der Waals surface area contributed by atoms with Gasteiger partial charge in [-0.3, -0.25) is 10.1 Å². The van der Waals surface area contributed by atoms with Gasteiger partial charge >= 0.3 is 0 Å². The molecule has 2 heterocycles. The lowest BCUT2D eigenvalue weighted by atomic mass is 10.1. The van der Waals surface area contributed by atoms with Crippen LogP contribution in [0.4, 0.5) is 17.1 Å². The second-order valence-corrected chi connectivity index (χ2v) is 6.82. The van der Waals surface area contributed by atoms with Gasteiger partial charge in [-0.1, -0.05) is 30.3 Å². The Balaban J connectivity index is 1.65. The molecule has 0 spiro atoms. The van der Waals surface area contributed by atoms with Gasteiger partial charge in [0.2, 0.25) is 0 Å². The summed E-state index contributed by atoms with van der Waals surface area (Å²) in [4.78, 5) is 17.7. The molecule has 1 aliphatic heterocycles. The summed E-state index contributed by atoms with van der Waals surface area (Å²) in [6.45, 7) is 5.69. The number of hydrogen-bond donors (Lipinski definition) is 1. The molecule has 1 aliphatic rings. The highest BCUT2D eigenvalue weighted by Gasteiger charge is 2.17. The molecule has 0 bridgehead atoms. The van der Waals surface area contributed by atoms with E-state index in [-0.39, 0.29) is 10.6 Å². The zero-order chi connectivity index (χ0) is 19.5. The fraction of sp³-hybridized carbons (Fsp3) is 0.286. The van der Waals surface area contributed by atoms with E-state index in [0.717, 1.165) is 43.1 Å². The number of nitrogens with one attached hydrogen (secondary N) is 1. The van der Waals surface area contributed by atoms with Crippen LogP contribution in [-0.4, -0.2) is 36.2 Å². The van der Waals surface area contributed by atoms with Crippen LogP contribution in [0, 0.1) is 17.0 Å². The molecule has 1 saturated heterocycles. The second-order valence-electron chi connectivity index (χ2n) is 6.82. The van der Waals surface area contributed by atoms with Crippen molar-refractivity contribution >= 4 is 28.0 Å². The van der Waals surface area contributed by atoms with Gasteiger partial charge in [-0.2, -0.15) is 0 Å². The van der Waals surface area contributed by atoms with Crippen molar-refractivity contribution in [3.05, 3.63) is 69.9 Å². The summed E-state index contributed by atoms with van der Waals surface area (Å²) in [5.41, 5.74) is 4.40. The maximum Gasteiger partial charge on any atom is 0.295 e.